The smallest absolute Gasteiger partial charge is 0.255 e. The second-order valence-corrected chi connectivity index (χ2v) is 7.60. The standard InChI is InChI=1S/C20H21ClN6O/c1-25-19(23)17(20(24)28)16(22)7-6-12-14-9-26-27(11-4-5-11)18(14)13(8-15(12)21)10-2-3-10/h8-11H,2-5,22H2,1H3,(H2,23,25)(H2,24,28)/b17-16+. The van der Waals surface area contributed by atoms with E-state index in [0.29, 0.717) is 22.5 Å². The van der Waals surface area contributed by atoms with Gasteiger partial charge < -0.3 is 17.2 Å². The van der Waals surface area contributed by atoms with Crippen LogP contribution in [0.3, 0.4) is 0 Å². The van der Waals surface area contributed by atoms with Gasteiger partial charge in [-0.05, 0) is 49.2 Å². The molecule has 0 aliphatic heterocycles. The van der Waals surface area contributed by atoms with Gasteiger partial charge in [-0.25, -0.2) is 0 Å². The Hall–Kier alpha value is -2.98. The third-order valence-corrected chi connectivity index (χ3v) is 5.40. The molecule has 2 fully saturated rings. The summed E-state index contributed by atoms with van der Waals surface area (Å²) >= 11 is 6.56. The number of hydrogen-bond donors (Lipinski definition) is 3. The number of amidine groups is 1. The molecule has 6 N–H and O–H groups in total. The van der Waals surface area contributed by atoms with E-state index in [-0.39, 0.29) is 17.1 Å². The third kappa shape index (κ3) is 3.20. The van der Waals surface area contributed by atoms with Crippen LogP contribution in [0.25, 0.3) is 10.9 Å². The van der Waals surface area contributed by atoms with Crippen molar-refractivity contribution in [3.8, 4) is 11.8 Å². The molecule has 1 aromatic heterocycles. The highest BCUT2D eigenvalue weighted by Gasteiger charge is 2.32. The maximum absolute atomic E-state index is 11.7. The number of allylic oxidation sites excluding steroid dienone is 1. The summed E-state index contributed by atoms with van der Waals surface area (Å²) in [6.45, 7) is 0. The average molecular weight is 397 g/mol. The molecular weight excluding hydrogens is 376 g/mol. The number of primary amides is 1. The quantitative estimate of drug-likeness (QED) is 0.316. The second kappa shape index (κ2) is 6.88. The Morgan fingerprint density at radius 3 is 2.57 bits per heavy atom. The zero-order chi connectivity index (χ0) is 20.0. The first-order chi connectivity index (χ1) is 13.4. The average Bonchev–Trinajstić information content (AvgIpc) is 3.57. The van der Waals surface area contributed by atoms with Crippen LogP contribution in [-0.2, 0) is 4.79 Å². The molecule has 1 aromatic carbocycles. The second-order valence-electron chi connectivity index (χ2n) is 7.19. The van der Waals surface area contributed by atoms with E-state index in [2.05, 4.69) is 26.6 Å². The van der Waals surface area contributed by atoms with Gasteiger partial charge in [-0.15, -0.1) is 0 Å². The van der Waals surface area contributed by atoms with Gasteiger partial charge in [-0.2, -0.15) is 5.10 Å². The van der Waals surface area contributed by atoms with Gasteiger partial charge in [0.05, 0.1) is 34.0 Å². The Labute approximate surface area is 167 Å². The molecule has 4 rings (SSSR count). The number of hydrogen-bond acceptors (Lipinski definition) is 4. The van der Waals surface area contributed by atoms with Crippen LogP contribution in [0, 0.1) is 11.8 Å². The molecule has 0 saturated heterocycles. The van der Waals surface area contributed by atoms with Crippen LogP contribution in [0.5, 0.6) is 0 Å². The number of fused-ring (bicyclic) bond motifs is 1. The van der Waals surface area contributed by atoms with Crippen LogP contribution in [0.1, 0.15) is 48.8 Å². The van der Waals surface area contributed by atoms with Crippen LogP contribution in [0.4, 0.5) is 0 Å². The summed E-state index contributed by atoms with van der Waals surface area (Å²) in [5, 5.41) is 6.04. The lowest BCUT2D eigenvalue weighted by Gasteiger charge is -2.09. The Balaban J connectivity index is 1.87. The molecular formula is C20H21ClN6O. The largest absolute Gasteiger partial charge is 0.391 e. The molecule has 144 valence electrons. The summed E-state index contributed by atoms with van der Waals surface area (Å²) in [5.74, 6) is 5.46. The van der Waals surface area contributed by atoms with Crippen molar-refractivity contribution in [2.75, 3.05) is 7.05 Å². The SMILES string of the molecule is CN=C(N)/C(C(N)=O)=C(\N)C#Cc1c(Cl)cc(C2CC2)c2c1cnn2C1CC1. The lowest BCUT2D eigenvalue weighted by Crippen LogP contribution is -2.29. The predicted molar refractivity (Wildman–Crippen MR) is 110 cm³/mol. The zero-order valence-electron chi connectivity index (χ0n) is 15.5. The highest BCUT2D eigenvalue weighted by Crippen LogP contribution is 2.47. The summed E-state index contributed by atoms with van der Waals surface area (Å²) in [5.41, 5.74) is 19.9. The lowest BCUT2D eigenvalue weighted by molar-refractivity contribution is -0.114. The van der Waals surface area contributed by atoms with Crippen LogP contribution in [0.2, 0.25) is 5.02 Å². The molecule has 0 atom stereocenters. The number of nitrogens with two attached hydrogens (primary N) is 3. The number of nitrogens with zero attached hydrogens (tertiary/aromatic N) is 3. The van der Waals surface area contributed by atoms with E-state index in [0.717, 1.165) is 23.7 Å². The van der Waals surface area contributed by atoms with Gasteiger partial charge in [0.1, 0.15) is 11.4 Å². The predicted octanol–water partition coefficient (Wildman–Crippen LogP) is 1.94. The molecule has 7 nitrogen and oxygen atoms in total. The molecule has 0 radical (unpaired) electrons. The van der Waals surface area contributed by atoms with Gasteiger partial charge in [0.2, 0.25) is 0 Å². The fourth-order valence-electron chi connectivity index (χ4n) is 3.37. The monoisotopic (exact) mass is 396 g/mol. The Kier molecular flexibility index (Phi) is 4.52. The van der Waals surface area contributed by atoms with Gasteiger partial charge >= 0.3 is 0 Å². The van der Waals surface area contributed by atoms with Crippen molar-refractivity contribution in [3.63, 3.8) is 0 Å². The molecule has 1 amide bonds. The van der Waals surface area contributed by atoms with Gasteiger partial charge in [0.15, 0.2) is 0 Å². The number of rotatable bonds is 4. The molecule has 28 heavy (non-hydrogen) atoms. The topological polar surface area (TPSA) is 125 Å². The molecule has 0 bridgehead atoms. The highest BCUT2D eigenvalue weighted by atomic mass is 35.5. The van der Waals surface area contributed by atoms with E-state index < -0.39 is 5.91 Å². The van der Waals surface area contributed by atoms with E-state index in [9.17, 15) is 4.79 Å². The van der Waals surface area contributed by atoms with E-state index in [1.54, 1.807) is 0 Å². The van der Waals surface area contributed by atoms with E-state index in [1.807, 2.05) is 12.3 Å². The maximum atomic E-state index is 11.7. The molecule has 8 heteroatoms. The van der Waals surface area contributed by atoms with Crippen molar-refractivity contribution in [2.45, 2.75) is 37.6 Å². The zero-order valence-corrected chi connectivity index (χ0v) is 16.3. The lowest BCUT2D eigenvalue weighted by atomic mass is 10.0. The minimum Gasteiger partial charge on any atom is -0.391 e. The number of aliphatic imine (C=N–C) groups is 1. The van der Waals surface area contributed by atoms with Crippen molar-refractivity contribution < 1.29 is 4.79 Å². The number of carbonyl (C=O) groups is 1. The van der Waals surface area contributed by atoms with Crippen LogP contribution < -0.4 is 17.2 Å². The van der Waals surface area contributed by atoms with Crippen LogP contribution in [-0.4, -0.2) is 28.6 Å². The number of benzene rings is 1. The van der Waals surface area contributed by atoms with E-state index >= 15 is 0 Å². The van der Waals surface area contributed by atoms with Crippen molar-refractivity contribution in [1.82, 2.24) is 9.78 Å². The first kappa shape index (κ1) is 18.4. The van der Waals surface area contributed by atoms with Crippen molar-refractivity contribution in [3.05, 3.63) is 39.7 Å². The number of carbonyl (C=O) groups excluding carboxylic acids is 1. The fourth-order valence-corrected chi connectivity index (χ4v) is 3.63. The van der Waals surface area contributed by atoms with Crippen LogP contribution >= 0.6 is 11.6 Å². The number of halogens is 1. The molecule has 2 saturated carbocycles. The molecule has 0 unspecified atom stereocenters. The minimum atomic E-state index is -0.781. The van der Waals surface area contributed by atoms with Gasteiger partial charge in [0, 0.05) is 12.4 Å². The van der Waals surface area contributed by atoms with Gasteiger partial charge in [0.25, 0.3) is 5.91 Å². The summed E-state index contributed by atoms with van der Waals surface area (Å²) in [7, 11) is 1.45. The molecule has 0 spiro atoms. The van der Waals surface area contributed by atoms with Crippen molar-refractivity contribution >= 4 is 34.2 Å². The number of amides is 1. The minimum absolute atomic E-state index is 0.0410. The Morgan fingerprint density at radius 1 is 1.29 bits per heavy atom. The van der Waals surface area contributed by atoms with Crippen LogP contribution in [0.15, 0.2) is 28.5 Å². The Bertz CT molecular complexity index is 1110. The highest BCUT2D eigenvalue weighted by molar-refractivity contribution is 6.33. The summed E-state index contributed by atoms with van der Waals surface area (Å²) in [6, 6.07) is 2.44. The first-order valence-electron chi connectivity index (χ1n) is 9.16. The first-order valence-corrected chi connectivity index (χ1v) is 9.54. The summed E-state index contributed by atoms with van der Waals surface area (Å²) in [4.78, 5) is 15.4. The molecule has 2 aromatic rings. The maximum Gasteiger partial charge on any atom is 0.255 e. The van der Waals surface area contributed by atoms with E-state index in [4.69, 9.17) is 28.8 Å². The van der Waals surface area contributed by atoms with Gasteiger partial charge in [-0.1, -0.05) is 17.5 Å². The van der Waals surface area contributed by atoms with E-state index in [1.165, 1.54) is 25.5 Å². The number of aromatic nitrogens is 2. The third-order valence-electron chi connectivity index (χ3n) is 5.10. The van der Waals surface area contributed by atoms with Crippen molar-refractivity contribution in [1.29, 1.82) is 0 Å². The Morgan fingerprint density at radius 2 is 2.00 bits per heavy atom. The molecule has 2 aliphatic carbocycles. The fraction of sp³-hybridized carbons (Fsp3) is 0.350. The molecule has 2 aliphatic rings. The van der Waals surface area contributed by atoms with Crippen molar-refractivity contribution in [2.24, 2.45) is 22.2 Å². The molecule has 1 heterocycles. The summed E-state index contributed by atoms with van der Waals surface area (Å²) in [6.07, 6.45) is 6.42. The normalized spacial score (nSPS) is 17.9. The summed E-state index contributed by atoms with van der Waals surface area (Å²) < 4.78 is 2.10. The van der Waals surface area contributed by atoms with Gasteiger partial charge in [-0.3, -0.25) is 14.5 Å².